The predicted molar refractivity (Wildman–Crippen MR) is 103 cm³/mol. The summed E-state index contributed by atoms with van der Waals surface area (Å²) in [6, 6.07) is 0. The maximum atomic E-state index is 12.6. The van der Waals surface area contributed by atoms with E-state index in [0.717, 1.165) is 17.0 Å². The molecule has 8 heteroatoms. The molecule has 0 spiro atoms. The molecule has 1 aliphatic rings. The lowest BCUT2D eigenvalue weighted by atomic mass is 10.1. The van der Waals surface area contributed by atoms with E-state index in [1.807, 2.05) is 24.6 Å². The van der Waals surface area contributed by atoms with Crippen molar-refractivity contribution in [2.45, 2.75) is 53.0 Å². The molecule has 1 aliphatic heterocycles. The number of hydrogen-bond acceptors (Lipinski definition) is 5. The number of thiocarbonyl (C=S) groups is 1. The summed E-state index contributed by atoms with van der Waals surface area (Å²) in [7, 11) is 0. The van der Waals surface area contributed by atoms with Crippen LogP contribution in [0.25, 0.3) is 6.08 Å². The van der Waals surface area contributed by atoms with E-state index < -0.39 is 5.97 Å². The van der Waals surface area contributed by atoms with Crippen LogP contribution in [0.2, 0.25) is 0 Å². The van der Waals surface area contributed by atoms with Crippen molar-refractivity contribution in [3.8, 4) is 0 Å². The van der Waals surface area contributed by atoms with Crippen molar-refractivity contribution in [1.82, 2.24) is 14.7 Å². The summed E-state index contributed by atoms with van der Waals surface area (Å²) in [5.74, 6) is -1.04. The zero-order valence-corrected chi connectivity index (χ0v) is 16.8. The molecule has 1 aromatic heterocycles. The van der Waals surface area contributed by atoms with Crippen LogP contribution in [-0.2, 0) is 15.1 Å². The van der Waals surface area contributed by atoms with Gasteiger partial charge < -0.3 is 5.11 Å². The Hall–Kier alpha value is -1.67. The Morgan fingerprint density at radius 2 is 2.00 bits per heavy atom. The number of nitrogens with zero attached hydrogens (tertiary/aromatic N) is 3. The fraction of sp³-hybridized carbons (Fsp3) is 0.529. The van der Waals surface area contributed by atoms with Crippen molar-refractivity contribution in [2.24, 2.45) is 0 Å². The molecule has 1 fully saturated rings. The first-order valence-electron chi connectivity index (χ1n) is 8.06. The Bertz CT molecular complexity index is 760. The molecular weight excluding hydrogens is 358 g/mol. The molecule has 136 valence electrons. The SMILES string of the molecule is Cc1nn(C(C)(C)C)c(C)c1C=C1SC(=S)N(CCCC(=O)O)C1=O. The van der Waals surface area contributed by atoms with E-state index in [4.69, 9.17) is 17.3 Å². The lowest BCUT2D eigenvalue weighted by Crippen LogP contribution is -2.29. The van der Waals surface area contributed by atoms with E-state index in [1.165, 1.54) is 16.7 Å². The lowest BCUT2D eigenvalue weighted by molar-refractivity contribution is -0.137. The van der Waals surface area contributed by atoms with Crippen LogP contribution < -0.4 is 0 Å². The number of aromatic nitrogens is 2. The zero-order chi connectivity index (χ0) is 18.9. The summed E-state index contributed by atoms with van der Waals surface area (Å²) >= 11 is 6.53. The number of aryl methyl sites for hydroxylation is 1. The Morgan fingerprint density at radius 1 is 1.36 bits per heavy atom. The van der Waals surface area contributed by atoms with Crippen molar-refractivity contribution in [2.75, 3.05) is 6.54 Å². The maximum Gasteiger partial charge on any atom is 0.303 e. The number of thioether (sulfide) groups is 1. The van der Waals surface area contributed by atoms with Crippen molar-refractivity contribution >= 4 is 46.3 Å². The van der Waals surface area contributed by atoms with Gasteiger partial charge in [0.25, 0.3) is 5.91 Å². The summed E-state index contributed by atoms with van der Waals surface area (Å²) in [4.78, 5) is 25.3. The quantitative estimate of drug-likeness (QED) is 0.623. The Balaban J connectivity index is 2.25. The number of hydrogen-bond donors (Lipinski definition) is 1. The average Bonchev–Trinajstić information content (AvgIpc) is 2.91. The van der Waals surface area contributed by atoms with E-state index in [9.17, 15) is 9.59 Å². The van der Waals surface area contributed by atoms with Crippen LogP contribution in [0.15, 0.2) is 4.91 Å². The molecule has 1 aromatic rings. The molecule has 0 bridgehead atoms. The normalized spacial score (nSPS) is 17.0. The van der Waals surface area contributed by atoms with Crippen LogP contribution in [0, 0.1) is 13.8 Å². The molecule has 0 unspecified atom stereocenters. The summed E-state index contributed by atoms with van der Waals surface area (Å²) in [6.07, 6.45) is 2.25. The van der Waals surface area contributed by atoms with Gasteiger partial charge in [-0.25, -0.2) is 0 Å². The minimum atomic E-state index is -0.873. The smallest absolute Gasteiger partial charge is 0.303 e. The third-order valence-corrected chi connectivity index (χ3v) is 5.28. The number of carboxylic acid groups (broad SMARTS) is 1. The van der Waals surface area contributed by atoms with Crippen LogP contribution in [0.4, 0.5) is 0 Å². The molecule has 1 saturated heterocycles. The fourth-order valence-electron chi connectivity index (χ4n) is 2.73. The highest BCUT2D eigenvalue weighted by molar-refractivity contribution is 8.26. The van der Waals surface area contributed by atoms with Crippen LogP contribution in [0.1, 0.15) is 50.6 Å². The summed E-state index contributed by atoms with van der Waals surface area (Å²) in [5.41, 5.74) is 2.65. The van der Waals surface area contributed by atoms with Crippen LogP contribution in [0.3, 0.4) is 0 Å². The van der Waals surface area contributed by atoms with Crippen LogP contribution in [-0.4, -0.2) is 42.5 Å². The highest BCUT2D eigenvalue weighted by atomic mass is 32.2. The number of carbonyl (C=O) groups excluding carboxylic acids is 1. The van der Waals surface area contributed by atoms with Gasteiger partial charge in [0.1, 0.15) is 4.32 Å². The molecule has 0 aliphatic carbocycles. The van der Waals surface area contributed by atoms with Crippen molar-refractivity contribution < 1.29 is 14.7 Å². The topological polar surface area (TPSA) is 75.4 Å². The minimum Gasteiger partial charge on any atom is -0.481 e. The second-order valence-electron chi connectivity index (χ2n) is 7.00. The molecule has 1 amide bonds. The van der Waals surface area contributed by atoms with Crippen LogP contribution >= 0.6 is 24.0 Å². The molecular formula is C17H23N3O3S2. The number of rotatable bonds is 5. The van der Waals surface area contributed by atoms with Gasteiger partial charge in [-0.05, 0) is 47.1 Å². The third kappa shape index (κ3) is 4.30. The first-order valence-corrected chi connectivity index (χ1v) is 9.28. The molecule has 2 rings (SSSR count). The van der Waals surface area contributed by atoms with E-state index >= 15 is 0 Å². The van der Waals surface area contributed by atoms with Gasteiger partial charge in [-0.1, -0.05) is 24.0 Å². The molecule has 0 aromatic carbocycles. The third-order valence-electron chi connectivity index (χ3n) is 3.90. The molecule has 2 heterocycles. The van der Waals surface area contributed by atoms with Gasteiger partial charge in [-0.15, -0.1) is 0 Å². The van der Waals surface area contributed by atoms with E-state index in [0.29, 0.717) is 22.2 Å². The Morgan fingerprint density at radius 3 is 2.52 bits per heavy atom. The Labute approximate surface area is 157 Å². The number of amides is 1. The monoisotopic (exact) mass is 381 g/mol. The lowest BCUT2D eigenvalue weighted by Gasteiger charge is -2.21. The van der Waals surface area contributed by atoms with E-state index in [-0.39, 0.29) is 17.9 Å². The summed E-state index contributed by atoms with van der Waals surface area (Å²) < 4.78 is 2.43. The van der Waals surface area contributed by atoms with Gasteiger partial charge in [0.15, 0.2) is 0 Å². The van der Waals surface area contributed by atoms with Gasteiger partial charge >= 0.3 is 5.97 Å². The van der Waals surface area contributed by atoms with Crippen molar-refractivity contribution in [3.63, 3.8) is 0 Å². The molecule has 0 saturated carbocycles. The van der Waals surface area contributed by atoms with Gasteiger partial charge in [0, 0.05) is 24.2 Å². The Kier molecular flexibility index (Phi) is 5.73. The van der Waals surface area contributed by atoms with Crippen molar-refractivity contribution in [3.05, 3.63) is 21.9 Å². The maximum absolute atomic E-state index is 12.6. The molecule has 6 nitrogen and oxygen atoms in total. The van der Waals surface area contributed by atoms with Crippen molar-refractivity contribution in [1.29, 1.82) is 0 Å². The fourth-order valence-corrected chi connectivity index (χ4v) is 4.02. The molecule has 25 heavy (non-hydrogen) atoms. The second kappa shape index (κ2) is 7.29. The largest absolute Gasteiger partial charge is 0.481 e. The number of carboxylic acids is 1. The van der Waals surface area contributed by atoms with E-state index in [2.05, 4.69) is 25.9 Å². The standard InChI is InChI=1S/C17H23N3O3S2/c1-10-12(11(2)20(18-10)17(3,4)5)9-13-15(23)19(16(24)25-13)8-6-7-14(21)22/h9H,6-8H2,1-5H3,(H,21,22). The highest BCUT2D eigenvalue weighted by Crippen LogP contribution is 2.34. The predicted octanol–water partition coefficient (Wildman–Crippen LogP) is 3.32. The number of carbonyl (C=O) groups is 2. The summed E-state index contributed by atoms with van der Waals surface area (Å²) in [6.45, 7) is 10.5. The first kappa shape index (κ1) is 19.7. The van der Waals surface area contributed by atoms with Gasteiger partial charge in [-0.3, -0.25) is 19.2 Å². The zero-order valence-electron chi connectivity index (χ0n) is 15.1. The van der Waals surface area contributed by atoms with Gasteiger partial charge in [0.2, 0.25) is 0 Å². The van der Waals surface area contributed by atoms with Gasteiger partial charge in [0.05, 0.1) is 16.1 Å². The number of aliphatic carboxylic acids is 1. The van der Waals surface area contributed by atoms with E-state index in [1.54, 1.807) is 0 Å². The summed E-state index contributed by atoms with van der Waals surface area (Å²) in [5, 5.41) is 13.3. The molecule has 0 radical (unpaired) electrons. The average molecular weight is 382 g/mol. The van der Waals surface area contributed by atoms with Gasteiger partial charge in [-0.2, -0.15) is 5.10 Å². The molecule has 0 atom stereocenters. The second-order valence-corrected chi connectivity index (χ2v) is 8.67. The minimum absolute atomic E-state index is 0.0205. The molecule has 1 N–H and O–H groups in total. The van der Waals surface area contributed by atoms with Crippen LogP contribution in [0.5, 0.6) is 0 Å². The first-order chi connectivity index (χ1) is 11.5. The highest BCUT2D eigenvalue weighted by Gasteiger charge is 2.32.